The quantitative estimate of drug-likeness (QED) is 0.734. The Morgan fingerprint density at radius 3 is 3.17 bits per heavy atom. The van der Waals surface area contributed by atoms with E-state index in [1.54, 1.807) is 12.5 Å². The van der Waals surface area contributed by atoms with E-state index in [2.05, 4.69) is 20.5 Å². The molecule has 0 aromatic carbocycles. The number of thioether (sulfide) groups is 1. The fourth-order valence-corrected chi connectivity index (χ4v) is 2.67. The lowest BCUT2D eigenvalue weighted by molar-refractivity contribution is -0.133. The molecular weight excluding hydrogens is 274 g/mol. The van der Waals surface area contributed by atoms with Crippen molar-refractivity contribution in [3.8, 4) is 0 Å². The molecule has 2 aromatic heterocycles. The Labute approximate surface area is 111 Å². The molecule has 0 atom stereocenters. The molecule has 0 saturated heterocycles. The highest BCUT2D eigenvalue weighted by Crippen LogP contribution is 2.24. The Bertz CT molecular complexity index is 499. The van der Waals surface area contributed by atoms with Crippen LogP contribution in [0.25, 0.3) is 0 Å². The van der Waals surface area contributed by atoms with Crippen LogP contribution in [-0.2, 0) is 11.3 Å². The zero-order valence-electron chi connectivity index (χ0n) is 9.31. The second kappa shape index (κ2) is 6.36. The predicted octanol–water partition coefficient (Wildman–Crippen LogP) is 1.02. The van der Waals surface area contributed by atoms with Gasteiger partial charge >= 0.3 is 5.97 Å². The van der Waals surface area contributed by atoms with Gasteiger partial charge in [-0.2, -0.15) is 0 Å². The van der Waals surface area contributed by atoms with Crippen molar-refractivity contribution in [2.24, 2.45) is 0 Å². The molecule has 2 rings (SSSR count). The smallest absolute Gasteiger partial charge is 0.313 e. The minimum absolute atomic E-state index is 0.00364. The summed E-state index contributed by atoms with van der Waals surface area (Å²) in [6, 6.07) is 0. The van der Waals surface area contributed by atoms with Crippen LogP contribution in [0.1, 0.15) is 0 Å². The number of aliphatic carboxylic acids is 1. The molecule has 2 heterocycles. The summed E-state index contributed by atoms with van der Waals surface area (Å²) in [7, 11) is 0. The lowest BCUT2D eigenvalue weighted by Crippen LogP contribution is -2.08. The molecule has 0 saturated carbocycles. The average molecular weight is 285 g/mol. The molecule has 0 amide bonds. The third kappa shape index (κ3) is 4.00. The van der Waals surface area contributed by atoms with E-state index in [-0.39, 0.29) is 5.75 Å². The van der Waals surface area contributed by atoms with Gasteiger partial charge in [0.2, 0.25) is 5.13 Å². The summed E-state index contributed by atoms with van der Waals surface area (Å²) in [4.78, 5) is 14.3. The minimum Gasteiger partial charge on any atom is -0.481 e. The highest BCUT2D eigenvalue weighted by atomic mass is 32.2. The summed E-state index contributed by atoms with van der Waals surface area (Å²) in [6.45, 7) is 1.51. The van der Waals surface area contributed by atoms with Gasteiger partial charge in [-0.1, -0.05) is 23.1 Å². The number of carboxylic acid groups (broad SMARTS) is 1. The molecule has 0 spiro atoms. The number of carbonyl (C=O) groups is 1. The van der Waals surface area contributed by atoms with E-state index in [0.717, 1.165) is 6.54 Å². The summed E-state index contributed by atoms with van der Waals surface area (Å²) < 4.78 is 2.61. The number of nitrogens with one attached hydrogen (secondary N) is 1. The highest BCUT2D eigenvalue weighted by Gasteiger charge is 2.06. The van der Waals surface area contributed by atoms with E-state index in [1.807, 2.05) is 10.8 Å². The number of rotatable bonds is 7. The van der Waals surface area contributed by atoms with Gasteiger partial charge in [0, 0.05) is 25.5 Å². The monoisotopic (exact) mass is 285 g/mol. The van der Waals surface area contributed by atoms with Crippen LogP contribution in [0.4, 0.5) is 5.13 Å². The first kappa shape index (κ1) is 12.8. The molecule has 0 fully saturated rings. The Morgan fingerprint density at radius 1 is 1.56 bits per heavy atom. The van der Waals surface area contributed by atoms with Crippen molar-refractivity contribution in [3.05, 3.63) is 18.7 Å². The van der Waals surface area contributed by atoms with Gasteiger partial charge in [0.05, 0.1) is 12.1 Å². The zero-order chi connectivity index (χ0) is 12.8. The third-order valence-electron chi connectivity index (χ3n) is 1.93. The molecule has 7 nitrogen and oxygen atoms in total. The normalized spacial score (nSPS) is 10.4. The fraction of sp³-hybridized carbons (Fsp3) is 0.333. The van der Waals surface area contributed by atoms with Crippen LogP contribution < -0.4 is 5.32 Å². The van der Waals surface area contributed by atoms with Crippen molar-refractivity contribution in [1.29, 1.82) is 0 Å². The second-order valence-corrected chi connectivity index (χ2v) is 5.48. The zero-order valence-corrected chi connectivity index (χ0v) is 10.9. The maximum Gasteiger partial charge on any atom is 0.313 e. The van der Waals surface area contributed by atoms with Crippen LogP contribution in [0.15, 0.2) is 23.1 Å². The van der Waals surface area contributed by atoms with Gasteiger partial charge in [-0.3, -0.25) is 4.79 Å². The van der Waals surface area contributed by atoms with Crippen molar-refractivity contribution < 1.29 is 9.90 Å². The van der Waals surface area contributed by atoms with Crippen molar-refractivity contribution in [1.82, 2.24) is 19.7 Å². The molecular formula is C9H11N5O2S2. The second-order valence-electron chi connectivity index (χ2n) is 3.28. The molecule has 2 N–H and O–H groups in total. The number of hydrogen-bond acceptors (Lipinski definition) is 7. The van der Waals surface area contributed by atoms with E-state index >= 15 is 0 Å². The maximum absolute atomic E-state index is 10.4. The predicted molar refractivity (Wildman–Crippen MR) is 69.0 cm³/mol. The van der Waals surface area contributed by atoms with Crippen molar-refractivity contribution in [2.45, 2.75) is 10.9 Å². The molecule has 0 aliphatic carbocycles. The largest absolute Gasteiger partial charge is 0.481 e. The van der Waals surface area contributed by atoms with Crippen LogP contribution >= 0.6 is 23.1 Å². The van der Waals surface area contributed by atoms with E-state index in [4.69, 9.17) is 5.11 Å². The number of nitrogens with zero attached hydrogens (tertiary/aromatic N) is 4. The molecule has 2 aromatic rings. The van der Waals surface area contributed by atoms with Crippen LogP contribution in [0, 0.1) is 0 Å². The Balaban J connectivity index is 1.74. The van der Waals surface area contributed by atoms with E-state index in [1.165, 1.54) is 23.1 Å². The summed E-state index contributed by atoms with van der Waals surface area (Å²) in [6.07, 6.45) is 5.36. The Morgan fingerprint density at radius 2 is 2.44 bits per heavy atom. The molecule has 0 unspecified atom stereocenters. The third-order valence-corrected chi connectivity index (χ3v) is 3.93. The van der Waals surface area contributed by atoms with Crippen molar-refractivity contribution in [3.63, 3.8) is 0 Å². The average Bonchev–Trinajstić information content (AvgIpc) is 2.97. The lowest BCUT2D eigenvalue weighted by Gasteiger charge is -2.01. The van der Waals surface area contributed by atoms with Gasteiger partial charge < -0.3 is 15.0 Å². The first-order valence-corrected chi connectivity index (χ1v) is 6.92. The van der Waals surface area contributed by atoms with Crippen LogP contribution in [0.3, 0.4) is 0 Å². The Kier molecular flexibility index (Phi) is 4.53. The molecule has 0 aliphatic rings. The molecule has 0 aliphatic heterocycles. The van der Waals surface area contributed by atoms with Gasteiger partial charge in [0.1, 0.15) is 0 Å². The summed E-state index contributed by atoms with van der Waals surface area (Å²) >= 11 is 2.52. The number of anilines is 1. The number of aromatic nitrogens is 4. The maximum atomic E-state index is 10.4. The number of carboxylic acids is 1. The highest BCUT2D eigenvalue weighted by molar-refractivity contribution is 8.01. The Hall–Kier alpha value is -1.61. The lowest BCUT2D eigenvalue weighted by atomic mass is 10.6. The fourth-order valence-electron chi connectivity index (χ4n) is 1.17. The summed E-state index contributed by atoms with van der Waals surface area (Å²) in [5.74, 6) is -0.853. The van der Waals surface area contributed by atoms with E-state index in [9.17, 15) is 4.79 Å². The van der Waals surface area contributed by atoms with E-state index in [0.29, 0.717) is 16.0 Å². The molecule has 18 heavy (non-hydrogen) atoms. The van der Waals surface area contributed by atoms with Gasteiger partial charge in [-0.25, -0.2) is 4.98 Å². The van der Waals surface area contributed by atoms with Gasteiger partial charge in [-0.15, -0.1) is 10.2 Å². The molecule has 96 valence electrons. The van der Waals surface area contributed by atoms with Crippen molar-refractivity contribution >= 4 is 34.2 Å². The molecule has 0 bridgehead atoms. The van der Waals surface area contributed by atoms with Crippen LogP contribution in [0.2, 0.25) is 0 Å². The van der Waals surface area contributed by atoms with Gasteiger partial charge in [0.25, 0.3) is 0 Å². The first-order chi connectivity index (χ1) is 8.74. The first-order valence-electron chi connectivity index (χ1n) is 5.12. The van der Waals surface area contributed by atoms with E-state index < -0.39 is 5.97 Å². The molecule has 9 heteroatoms. The van der Waals surface area contributed by atoms with Gasteiger partial charge in [-0.05, 0) is 0 Å². The van der Waals surface area contributed by atoms with Crippen LogP contribution in [0.5, 0.6) is 0 Å². The topological polar surface area (TPSA) is 92.9 Å². The minimum atomic E-state index is -0.857. The number of imidazole rings is 1. The summed E-state index contributed by atoms with van der Waals surface area (Å²) in [5, 5.41) is 20.2. The molecule has 0 radical (unpaired) electrons. The van der Waals surface area contributed by atoms with Crippen LogP contribution in [-0.4, -0.2) is 43.1 Å². The van der Waals surface area contributed by atoms with Gasteiger partial charge in [0.15, 0.2) is 4.34 Å². The SMILES string of the molecule is O=C(O)CSc1nnc(NCCn2ccnc2)s1. The number of hydrogen-bond donors (Lipinski definition) is 2. The summed E-state index contributed by atoms with van der Waals surface area (Å²) in [5.41, 5.74) is 0. The standard InChI is InChI=1S/C9H11N5O2S2/c15-7(16)5-17-9-13-12-8(18-9)11-2-4-14-3-1-10-6-14/h1,3,6H,2,4-5H2,(H,11,12)(H,15,16). The van der Waals surface area contributed by atoms with Crippen molar-refractivity contribution in [2.75, 3.05) is 17.6 Å².